The predicted molar refractivity (Wildman–Crippen MR) is 64.5 cm³/mol. The number of methoxy groups -OCH3 is 1. The van der Waals surface area contributed by atoms with Crippen molar-refractivity contribution in [2.24, 2.45) is 0 Å². The molecule has 0 radical (unpaired) electrons. The number of rotatable bonds is 5. The van der Waals surface area contributed by atoms with E-state index in [2.05, 4.69) is 21.2 Å². The van der Waals surface area contributed by atoms with E-state index in [1.165, 1.54) is 7.11 Å². The summed E-state index contributed by atoms with van der Waals surface area (Å²) in [6, 6.07) is 5.29. The molecule has 96 valence electrons. The number of alkyl halides is 3. The lowest BCUT2D eigenvalue weighted by atomic mass is 10.2. The highest BCUT2D eigenvalue weighted by Crippen LogP contribution is 2.27. The largest absolute Gasteiger partial charge is 0.497 e. The third-order valence-corrected chi connectivity index (χ3v) is 2.82. The van der Waals surface area contributed by atoms with Crippen LogP contribution in [0.5, 0.6) is 5.75 Å². The number of anilines is 1. The van der Waals surface area contributed by atoms with Gasteiger partial charge in [-0.05, 0) is 34.5 Å². The van der Waals surface area contributed by atoms with Gasteiger partial charge in [-0.1, -0.05) is 0 Å². The zero-order chi connectivity index (χ0) is 12.9. The van der Waals surface area contributed by atoms with Crippen molar-refractivity contribution in [2.45, 2.75) is 19.0 Å². The molecular weight excluding hydrogens is 299 g/mol. The topological polar surface area (TPSA) is 21.3 Å². The van der Waals surface area contributed by atoms with Crippen molar-refractivity contribution in [3.63, 3.8) is 0 Å². The Morgan fingerprint density at radius 3 is 2.65 bits per heavy atom. The predicted octanol–water partition coefficient (Wildman–Crippen LogP) is 4.21. The van der Waals surface area contributed by atoms with Crippen LogP contribution in [0.1, 0.15) is 12.8 Å². The SMILES string of the molecule is COc1ccc(Br)c(NCCCC(F)(F)F)c1. The average molecular weight is 312 g/mol. The second kappa shape index (κ2) is 6.14. The minimum absolute atomic E-state index is 0.0488. The summed E-state index contributed by atoms with van der Waals surface area (Å²) in [7, 11) is 1.54. The fourth-order valence-corrected chi connectivity index (χ4v) is 1.67. The highest BCUT2D eigenvalue weighted by atomic mass is 79.9. The second-order valence-corrected chi connectivity index (χ2v) is 4.35. The van der Waals surface area contributed by atoms with Gasteiger partial charge in [0.05, 0.1) is 12.8 Å². The van der Waals surface area contributed by atoms with Crippen LogP contribution >= 0.6 is 15.9 Å². The Hall–Kier alpha value is -0.910. The Kier molecular flexibility index (Phi) is 5.11. The molecule has 0 spiro atoms. The first-order valence-electron chi connectivity index (χ1n) is 5.06. The average Bonchev–Trinajstić information content (AvgIpc) is 2.25. The zero-order valence-electron chi connectivity index (χ0n) is 9.27. The summed E-state index contributed by atoms with van der Waals surface area (Å²) in [5.41, 5.74) is 0.728. The van der Waals surface area contributed by atoms with Crippen LogP contribution in [0.2, 0.25) is 0 Å². The molecule has 0 aliphatic rings. The summed E-state index contributed by atoms with van der Waals surface area (Å²) in [6.45, 7) is 0.269. The molecule has 6 heteroatoms. The van der Waals surface area contributed by atoms with Crippen molar-refractivity contribution in [3.8, 4) is 5.75 Å². The van der Waals surface area contributed by atoms with Gasteiger partial charge in [0.1, 0.15) is 5.75 Å². The lowest BCUT2D eigenvalue weighted by Gasteiger charge is -2.11. The van der Waals surface area contributed by atoms with Crippen molar-refractivity contribution in [2.75, 3.05) is 19.0 Å². The molecular formula is C11H13BrF3NO. The van der Waals surface area contributed by atoms with Gasteiger partial charge in [-0.3, -0.25) is 0 Å². The van der Waals surface area contributed by atoms with E-state index in [1.54, 1.807) is 18.2 Å². The second-order valence-electron chi connectivity index (χ2n) is 3.49. The van der Waals surface area contributed by atoms with E-state index in [0.29, 0.717) is 5.75 Å². The summed E-state index contributed by atoms with van der Waals surface area (Å²) in [6.07, 6.45) is -4.82. The Morgan fingerprint density at radius 2 is 2.06 bits per heavy atom. The van der Waals surface area contributed by atoms with E-state index in [4.69, 9.17) is 4.74 Å². The number of hydrogen-bond donors (Lipinski definition) is 1. The molecule has 0 bridgehead atoms. The molecule has 0 aliphatic heterocycles. The number of hydrogen-bond acceptors (Lipinski definition) is 2. The van der Waals surface area contributed by atoms with Gasteiger partial charge in [-0.2, -0.15) is 13.2 Å². The van der Waals surface area contributed by atoms with E-state index in [9.17, 15) is 13.2 Å². The molecule has 1 rings (SSSR count). The lowest BCUT2D eigenvalue weighted by Crippen LogP contribution is -2.11. The fraction of sp³-hybridized carbons (Fsp3) is 0.455. The van der Waals surface area contributed by atoms with Crippen LogP contribution in [-0.2, 0) is 0 Å². The number of nitrogens with one attached hydrogen (secondary N) is 1. The van der Waals surface area contributed by atoms with Crippen LogP contribution in [0.25, 0.3) is 0 Å². The van der Waals surface area contributed by atoms with E-state index in [-0.39, 0.29) is 13.0 Å². The van der Waals surface area contributed by atoms with Crippen molar-refractivity contribution in [1.29, 1.82) is 0 Å². The van der Waals surface area contributed by atoms with E-state index < -0.39 is 12.6 Å². The van der Waals surface area contributed by atoms with Crippen LogP contribution in [-0.4, -0.2) is 19.8 Å². The maximum Gasteiger partial charge on any atom is 0.389 e. The van der Waals surface area contributed by atoms with E-state index in [0.717, 1.165) is 10.2 Å². The monoisotopic (exact) mass is 311 g/mol. The Balaban J connectivity index is 2.46. The van der Waals surface area contributed by atoms with Crippen LogP contribution in [0.4, 0.5) is 18.9 Å². The van der Waals surface area contributed by atoms with Crippen molar-refractivity contribution < 1.29 is 17.9 Å². The maximum absolute atomic E-state index is 11.9. The zero-order valence-corrected chi connectivity index (χ0v) is 10.9. The van der Waals surface area contributed by atoms with Crippen molar-refractivity contribution in [1.82, 2.24) is 0 Å². The smallest absolute Gasteiger partial charge is 0.389 e. The van der Waals surface area contributed by atoms with E-state index >= 15 is 0 Å². The molecule has 0 unspecified atom stereocenters. The minimum atomic E-state index is -4.09. The molecule has 1 aromatic rings. The Morgan fingerprint density at radius 1 is 1.35 bits per heavy atom. The third kappa shape index (κ3) is 5.30. The first-order chi connectivity index (χ1) is 7.92. The molecule has 1 aromatic carbocycles. The van der Waals surface area contributed by atoms with Gasteiger partial charge in [0.2, 0.25) is 0 Å². The fourth-order valence-electron chi connectivity index (χ4n) is 1.28. The van der Waals surface area contributed by atoms with Crippen molar-refractivity contribution >= 4 is 21.6 Å². The quantitative estimate of drug-likeness (QED) is 0.822. The van der Waals surface area contributed by atoms with Gasteiger partial charge >= 0.3 is 6.18 Å². The minimum Gasteiger partial charge on any atom is -0.497 e. The van der Waals surface area contributed by atoms with Crippen molar-refractivity contribution in [3.05, 3.63) is 22.7 Å². The highest BCUT2D eigenvalue weighted by molar-refractivity contribution is 9.10. The molecule has 0 saturated heterocycles. The van der Waals surface area contributed by atoms with Gasteiger partial charge in [-0.25, -0.2) is 0 Å². The van der Waals surface area contributed by atoms with Crippen LogP contribution in [0.3, 0.4) is 0 Å². The van der Waals surface area contributed by atoms with Gasteiger partial charge in [0.25, 0.3) is 0 Å². The number of benzene rings is 1. The third-order valence-electron chi connectivity index (χ3n) is 2.13. The van der Waals surface area contributed by atoms with Crippen LogP contribution in [0.15, 0.2) is 22.7 Å². The summed E-state index contributed by atoms with van der Waals surface area (Å²) in [4.78, 5) is 0. The molecule has 17 heavy (non-hydrogen) atoms. The molecule has 0 atom stereocenters. The normalized spacial score (nSPS) is 11.4. The lowest BCUT2D eigenvalue weighted by molar-refractivity contribution is -0.134. The molecule has 0 saturated carbocycles. The molecule has 0 fully saturated rings. The molecule has 1 N–H and O–H groups in total. The standard InChI is InChI=1S/C11H13BrF3NO/c1-17-8-3-4-9(12)10(7-8)16-6-2-5-11(13,14)15/h3-4,7,16H,2,5-6H2,1H3. The maximum atomic E-state index is 11.9. The number of halogens is 4. The molecule has 0 amide bonds. The molecule has 0 aromatic heterocycles. The summed E-state index contributed by atoms with van der Waals surface area (Å²) >= 11 is 3.31. The molecule has 0 aliphatic carbocycles. The highest BCUT2D eigenvalue weighted by Gasteiger charge is 2.25. The first kappa shape index (κ1) is 14.2. The first-order valence-corrected chi connectivity index (χ1v) is 5.86. The Bertz CT molecular complexity index is 368. The number of ether oxygens (including phenoxy) is 1. The van der Waals surface area contributed by atoms with Gasteiger partial charge in [0.15, 0.2) is 0 Å². The molecule has 0 heterocycles. The Labute approximate surface area is 106 Å². The van der Waals surface area contributed by atoms with Gasteiger partial charge in [-0.15, -0.1) is 0 Å². The van der Waals surface area contributed by atoms with Crippen LogP contribution in [0, 0.1) is 0 Å². The summed E-state index contributed by atoms with van der Waals surface area (Å²) in [5.74, 6) is 0.659. The van der Waals surface area contributed by atoms with Gasteiger partial charge < -0.3 is 10.1 Å². The summed E-state index contributed by atoms with van der Waals surface area (Å²) in [5, 5.41) is 2.93. The van der Waals surface area contributed by atoms with Gasteiger partial charge in [0, 0.05) is 23.5 Å². The molecule has 2 nitrogen and oxygen atoms in total. The van der Waals surface area contributed by atoms with E-state index in [1.807, 2.05) is 0 Å². The van der Waals surface area contributed by atoms with Crippen LogP contribution < -0.4 is 10.1 Å². The summed E-state index contributed by atoms with van der Waals surface area (Å²) < 4.78 is 41.6.